The minimum atomic E-state index is -0.275. The second-order valence-corrected chi connectivity index (χ2v) is 4.77. The molecule has 0 spiro atoms. The normalized spacial score (nSPS) is 11.6. The number of thioether (sulfide) groups is 1. The quantitative estimate of drug-likeness (QED) is 0.720. The Morgan fingerprint density at radius 1 is 1.44 bits per heavy atom. The highest BCUT2D eigenvalue weighted by Crippen LogP contribution is 2.04. The molecule has 1 rings (SSSR count). The van der Waals surface area contributed by atoms with E-state index in [1.807, 2.05) is 36.4 Å². The van der Waals surface area contributed by atoms with E-state index in [0.717, 1.165) is 5.56 Å². The van der Waals surface area contributed by atoms with Gasteiger partial charge < -0.3 is 10.4 Å². The van der Waals surface area contributed by atoms with Crippen molar-refractivity contribution in [1.82, 2.24) is 5.32 Å². The highest BCUT2D eigenvalue weighted by atomic mass is 32.2. The summed E-state index contributed by atoms with van der Waals surface area (Å²) < 4.78 is 0. The molecule has 2 N–H and O–H groups in total. The number of nitrogens with zero attached hydrogens (tertiary/aromatic N) is 1. The third kappa shape index (κ3) is 5.71. The van der Waals surface area contributed by atoms with Crippen molar-refractivity contribution in [3.8, 4) is 6.07 Å². The summed E-state index contributed by atoms with van der Waals surface area (Å²) in [6.07, 6.45) is 0.603. The van der Waals surface area contributed by atoms with E-state index < -0.39 is 0 Å². The van der Waals surface area contributed by atoms with Crippen molar-refractivity contribution in [3.05, 3.63) is 35.9 Å². The van der Waals surface area contributed by atoms with Crippen molar-refractivity contribution in [2.75, 3.05) is 18.1 Å². The van der Waals surface area contributed by atoms with Gasteiger partial charge in [0.05, 0.1) is 30.2 Å². The first-order chi connectivity index (χ1) is 8.76. The number of aliphatic hydroxyl groups is 1. The second kappa shape index (κ2) is 8.56. The molecule has 0 aliphatic rings. The number of carbonyl (C=O) groups excluding carboxylic acids is 1. The van der Waals surface area contributed by atoms with Crippen LogP contribution in [0.2, 0.25) is 0 Å². The molecule has 1 amide bonds. The first kappa shape index (κ1) is 14.6. The molecule has 0 aliphatic heterocycles. The Balaban J connectivity index is 2.38. The molecule has 1 aromatic rings. The number of nitrogens with one attached hydrogen (secondary N) is 1. The summed E-state index contributed by atoms with van der Waals surface area (Å²) in [4.78, 5) is 11.5. The molecule has 0 heterocycles. The lowest BCUT2D eigenvalue weighted by Gasteiger charge is -2.16. The molecule has 4 nitrogen and oxygen atoms in total. The van der Waals surface area contributed by atoms with Crippen LogP contribution < -0.4 is 5.32 Å². The van der Waals surface area contributed by atoms with Gasteiger partial charge in [-0.15, -0.1) is 11.8 Å². The van der Waals surface area contributed by atoms with Crippen LogP contribution in [0.15, 0.2) is 30.3 Å². The summed E-state index contributed by atoms with van der Waals surface area (Å²) in [5.74, 6) is 0.402. The van der Waals surface area contributed by atoms with Gasteiger partial charge in [-0.2, -0.15) is 5.26 Å². The molecular formula is C13H16N2O2S. The molecule has 96 valence electrons. The van der Waals surface area contributed by atoms with Crippen molar-refractivity contribution in [2.45, 2.75) is 12.5 Å². The fraction of sp³-hybridized carbons (Fsp3) is 0.385. The van der Waals surface area contributed by atoms with E-state index in [-0.39, 0.29) is 24.3 Å². The van der Waals surface area contributed by atoms with Crippen LogP contribution in [0, 0.1) is 11.3 Å². The monoisotopic (exact) mass is 264 g/mol. The first-order valence-corrected chi connectivity index (χ1v) is 6.80. The molecule has 0 bridgehead atoms. The predicted molar refractivity (Wildman–Crippen MR) is 72.1 cm³/mol. The first-order valence-electron chi connectivity index (χ1n) is 5.65. The highest BCUT2D eigenvalue weighted by Gasteiger charge is 2.11. The van der Waals surface area contributed by atoms with Gasteiger partial charge >= 0.3 is 0 Å². The van der Waals surface area contributed by atoms with E-state index in [1.165, 1.54) is 11.8 Å². The fourth-order valence-corrected chi connectivity index (χ4v) is 1.98. The van der Waals surface area contributed by atoms with Crippen LogP contribution in [0.1, 0.15) is 5.56 Å². The zero-order valence-electron chi connectivity index (χ0n) is 10.0. The van der Waals surface area contributed by atoms with Crippen LogP contribution in [0.3, 0.4) is 0 Å². The summed E-state index contributed by atoms with van der Waals surface area (Å²) >= 11 is 1.27. The Kier molecular flexibility index (Phi) is 6.92. The molecule has 0 saturated heterocycles. The molecule has 18 heavy (non-hydrogen) atoms. The number of amides is 1. The summed E-state index contributed by atoms with van der Waals surface area (Å²) in [6.45, 7) is -0.0937. The number of aliphatic hydroxyl groups excluding tert-OH is 1. The predicted octanol–water partition coefficient (Wildman–Crippen LogP) is 0.963. The summed E-state index contributed by atoms with van der Waals surface area (Å²) in [6, 6.07) is 11.4. The summed E-state index contributed by atoms with van der Waals surface area (Å²) in [5.41, 5.74) is 1.07. The van der Waals surface area contributed by atoms with Gasteiger partial charge in [0.2, 0.25) is 5.91 Å². The van der Waals surface area contributed by atoms with Crippen molar-refractivity contribution in [2.24, 2.45) is 0 Å². The van der Waals surface area contributed by atoms with Gasteiger partial charge in [0.25, 0.3) is 0 Å². The van der Waals surface area contributed by atoms with E-state index in [9.17, 15) is 9.90 Å². The van der Waals surface area contributed by atoms with Crippen LogP contribution in [-0.2, 0) is 11.2 Å². The standard InChI is InChI=1S/C13H16N2O2S/c14-6-7-18-10-13(17)15-12(9-16)8-11-4-2-1-3-5-11/h1-5,12,16H,7-10H2,(H,15,17). The maximum absolute atomic E-state index is 11.5. The largest absolute Gasteiger partial charge is 0.394 e. The number of benzene rings is 1. The molecule has 0 saturated carbocycles. The number of hydrogen-bond donors (Lipinski definition) is 2. The zero-order valence-corrected chi connectivity index (χ0v) is 10.8. The van der Waals surface area contributed by atoms with Crippen LogP contribution in [0.4, 0.5) is 0 Å². The average molecular weight is 264 g/mol. The Labute approximate surface area is 111 Å². The van der Waals surface area contributed by atoms with E-state index in [4.69, 9.17) is 5.26 Å². The van der Waals surface area contributed by atoms with E-state index in [0.29, 0.717) is 12.2 Å². The van der Waals surface area contributed by atoms with Gasteiger partial charge in [-0.3, -0.25) is 4.79 Å². The minimum Gasteiger partial charge on any atom is -0.394 e. The van der Waals surface area contributed by atoms with Gasteiger partial charge in [0.15, 0.2) is 0 Å². The maximum Gasteiger partial charge on any atom is 0.230 e. The maximum atomic E-state index is 11.5. The van der Waals surface area contributed by atoms with Crippen LogP contribution in [0.25, 0.3) is 0 Å². The number of carbonyl (C=O) groups is 1. The average Bonchev–Trinajstić information content (AvgIpc) is 2.39. The van der Waals surface area contributed by atoms with Crippen molar-refractivity contribution in [1.29, 1.82) is 5.26 Å². The number of rotatable bonds is 7. The molecule has 1 unspecified atom stereocenters. The van der Waals surface area contributed by atoms with Gasteiger partial charge in [-0.25, -0.2) is 0 Å². The Hall–Kier alpha value is -1.51. The third-order valence-corrected chi connectivity index (χ3v) is 3.11. The lowest BCUT2D eigenvalue weighted by atomic mass is 10.1. The van der Waals surface area contributed by atoms with Crippen LogP contribution in [-0.4, -0.2) is 35.2 Å². The Morgan fingerprint density at radius 3 is 2.78 bits per heavy atom. The van der Waals surface area contributed by atoms with Crippen LogP contribution >= 0.6 is 11.8 Å². The van der Waals surface area contributed by atoms with Gasteiger partial charge in [0, 0.05) is 0 Å². The highest BCUT2D eigenvalue weighted by molar-refractivity contribution is 8.00. The summed E-state index contributed by atoms with van der Waals surface area (Å²) in [7, 11) is 0. The molecule has 1 atom stereocenters. The molecule has 0 aliphatic carbocycles. The fourth-order valence-electron chi connectivity index (χ4n) is 1.52. The van der Waals surface area contributed by atoms with Crippen molar-refractivity contribution < 1.29 is 9.90 Å². The lowest BCUT2D eigenvalue weighted by Crippen LogP contribution is -2.40. The van der Waals surface area contributed by atoms with Crippen molar-refractivity contribution in [3.63, 3.8) is 0 Å². The van der Waals surface area contributed by atoms with Gasteiger partial charge in [0.1, 0.15) is 0 Å². The van der Waals surface area contributed by atoms with E-state index >= 15 is 0 Å². The van der Waals surface area contributed by atoms with Gasteiger partial charge in [-0.1, -0.05) is 30.3 Å². The number of nitriles is 1. The molecule has 0 fully saturated rings. The Bertz CT molecular complexity index is 403. The number of hydrogen-bond acceptors (Lipinski definition) is 4. The second-order valence-electron chi connectivity index (χ2n) is 3.79. The topological polar surface area (TPSA) is 73.1 Å². The molecule has 5 heteroatoms. The minimum absolute atomic E-state index is 0.0937. The SMILES string of the molecule is N#CCSCC(=O)NC(CO)Cc1ccccc1. The third-order valence-electron chi connectivity index (χ3n) is 2.31. The summed E-state index contributed by atoms with van der Waals surface area (Å²) in [5, 5.41) is 20.3. The van der Waals surface area contributed by atoms with Gasteiger partial charge in [-0.05, 0) is 12.0 Å². The molecule has 0 radical (unpaired) electrons. The van der Waals surface area contributed by atoms with Crippen LogP contribution in [0.5, 0.6) is 0 Å². The zero-order chi connectivity index (χ0) is 13.2. The van der Waals surface area contributed by atoms with E-state index in [1.54, 1.807) is 0 Å². The molecule has 1 aromatic carbocycles. The molecule has 0 aromatic heterocycles. The lowest BCUT2D eigenvalue weighted by molar-refractivity contribution is -0.119. The molecular weight excluding hydrogens is 248 g/mol. The van der Waals surface area contributed by atoms with Crippen molar-refractivity contribution >= 4 is 17.7 Å². The Morgan fingerprint density at radius 2 is 2.17 bits per heavy atom. The smallest absolute Gasteiger partial charge is 0.230 e. The van der Waals surface area contributed by atoms with E-state index in [2.05, 4.69) is 5.32 Å².